The summed E-state index contributed by atoms with van der Waals surface area (Å²) in [5.74, 6) is 0.722. The molecule has 0 spiro atoms. The zero-order valence-corrected chi connectivity index (χ0v) is 19.3. The molecular formula is C24H29N3O2S. The highest BCUT2D eigenvalue weighted by Crippen LogP contribution is 2.31. The third kappa shape index (κ3) is 4.71. The standard InChI is InChI=1S/C24H29N3O2S/c1-15-11-12-18(16(2)13-15)24-26-17(3)22(30-24)23(28)25-14-20(27(4)5)19-9-7-8-10-21(19)29-6/h7-13,20H,14H2,1-6H3,(H,25,28). The second kappa shape index (κ2) is 9.41. The molecule has 0 radical (unpaired) electrons. The molecule has 1 N–H and O–H groups in total. The van der Waals surface area contributed by atoms with Crippen LogP contribution in [-0.2, 0) is 0 Å². The zero-order chi connectivity index (χ0) is 21.8. The van der Waals surface area contributed by atoms with Gasteiger partial charge in [-0.25, -0.2) is 4.98 Å². The molecule has 1 aromatic heterocycles. The van der Waals surface area contributed by atoms with Gasteiger partial charge in [0.25, 0.3) is 5.91 Å². The molecule has 3 rings (SSSR count). The first-order valence-corrected chi connectivity index (χ1v) is 10.8. The summed E-state index contributed by atoms with van der Waals surface area (Å²) in [6.45, 7) is 6.52. The number of aromatic nitrogens is 1. The monoisotopic (exact) mass is 423 g/mol. The van der Waals surface area contributed by atoms with Crippen LogP contribution in [0.3, 0.4) is 0 Å². The molecule has 0 fully saturated rings. The Morgan fingerprint density at radius 3 is 2.57 bits per heavy atom. The Morgan fingerprint density at radius 1 is 1.17 bits per heavy atom. The SMILES string of the molecule is COc1ccccc1C(CNC(=O)c1sc(-c2ccc(C)cc2C)nc1C)N(C)C. The number of carbonyl (C=O) groups is 1. The molecule has 0 aliphatic heterocycles. The Morgan fingerprint density at radius 2 is 1.90 bits per heavy atom. The predicted molar refractivity (Wildman–Crippen MR) is 124 cm³/mol. The average Bonchev–Trinajstić information content (AvgIpc) is 3.09. The number of aryl methyl sites for hydroxylation is 3. The number of thiazole rings is 1. The molecular weight excluding hydrogens is 394 g/mol. The Balaban J connectivity index is 1.79. The molecule has 6 heteroatoms. The number of carbonyl (C=O) groups excluding carboxylic acids is 1. The normalized spacial score (nSPS) is 12.1. The number of methoxy groups -OCH3 is 1. The van der Waals surface area contributed by atoms with E-state index in [1.165, 1.54) is 22.5 Å². The lowest BCUT2D eigenvalue weighted by Gasteiger charge is -2.26. The number of para-hydroxylation sites is 1. The molecule has 1 atom stereocenters. The van der Waals surface area contributed by atoms with Crippen molar-refractivity contribution in [3.63, 3.8) is 0 Å². The van der Waals surface area contributed by atoms with E-state index in [0.717, 1.165) is 27.6 Å². The lowest BCUT2D eigenvalue weighted by atomic mass is 10.0. The first-order chi connectivity index (χ1) is 14.3. The van der Waals surface area contributed by atoms with Crippen molar-refractivity contribution >= 4 is 17.2 Å². The van der Waals surface area contributed by atoms with Crippen molar-refractivity contribution in [2.45, 2.75) is 26.8 Å². The van der Waals surface area contributed by atoms with Crippen molar-refractivity contribution in [1.29, 1.82) is 0 Å². The number of hydrogen-bond donors (Lipinski definition) is 1. The van der Waals surface area contributed by atoms with E-state index in [0.29, 0.717) is 11.4 Å². The van der Waals surface area contributed by atoms with Gasteiger partial charge in [-0.3, -0.25) is 4.79 Å². The van der Waals surface area contributed by atoms with Crippen molar-refractivity contribution in [3.8, 4) is 16.3 Å². The summed E-state index contributed by atoms with van der Waals surface area (Å²) in [6, 6.07) is 14.2. The largest absolute Gasteiger partial charge is 0.496 e. The van der Waals surface area contributed by atoms with E-state index in [9.17, 15) is 4.79 Å². The molecule has 5 nitrogen and oxygen atoms in total. The van der Waals surface area contributed by atoms with Crippen LogP contribution in [0.5, 0.6) is 5.75 Å². The summed E-state index contributed by atoms with van der Waals surface area (Å²) in [7, 11) is 5.67. The Bertz CT molecular complexity index is 1040. The highest BCUT2D eigenvalue weighted by atomic mass is 32.1. The molecule has 0 aliphatic rings. The van der Waals surface area contributed by atoms with Crippen LogP contribution >= 0.6 is 11.3 Å². The van der Waals surface area contributed by atoms with Crippen molar-refractivity contribution in [2.75, 3.05) is 27.7 Å². The molecule has 0 saturated heterocycles. The second-order valence-corrected chi connectivity index (χ2v) is 8.68. The summed E-state index contributed by atoms with van der Waals surface area (Å²) in [4.78, 5) is 20.4. The van der Waals surface area contributed by atoms with Gasteiger partial charge in [-0.15, -0.1) is 11.3 Å². The maximum absolute atomic E-state index is 13.0. The third-order valence-corrected chi connectivity index (χ3v) is 6.38. The molecule has 0 saturated carbocycles. The first-order valence-electron chi connectivity index (χ1n) is 9.94. The lowest BCUT2D eigenvalue weighted by Crippen LogP contribution is -2.34. The van der Waals surface area contributed by atoms with E-state index in [4.69, 9.17) is 4.74 Å². The predicted octanol–water partition coefficient (Wildman–Crippen LogP) is 4.78. The summed E-state index contributed by atoms with van der Waals surface area (Å²) in [5, 5.41) is 3.97. The van der Waals surface area contributed by atoms with Gasteiger partial charge in [0.15, 0.2) is 0 Å². The number of likely N-dealkylation sites (N-methyl/N-ethyl adjacent to an activating group) is 1. The van der Waals surface area contributed by atoms with Crippen LogP contribution in [0.2, 0.25) is 0 Å². The Kier molecular flexibility index (Phi) is 6.90. The van der Waals surface area contributed by atoms with E-state index in [1.807, 2.05) is 45.3 Å². The lowest BCUT2D eigenvalue weighted by molar-refractivity contribution is 0.0944. The molecule has 3 aromatic rings. The summed E-state index contributed by atoms with van der Waals surface area (Å²) >= 11 is 1.44. The van der Waals surface area contributed by atoms with Gasteiger partial charge in [-0.1, -0.05) is 42.0 Å². The van der Waals surface area contributed by atoms with Crippen LogP contribution in [0.1, 0.15) is 38.1 Å². The Hall–Kier alpha value is -2.70. The minimum atomic E-state index is -0.0947. The molecule has 158 valence electrons. The van der Waals surface area contributed by atoms with Crippen molar-refractivity contribution in [3.05, 3.63) is 69.7 Å². The fourth-order valence-electron chi connectivity index (χ4n) is 3.56. The van der Waals surface area contributed by atoms with Crippen molar-refractivity contribution in [2.24, 2.45) is 0 Å². The third-order valence-electron chi connectivity index (χ3n) is 5.19. The Labute approximate surface area is 182 Å². The van der Waals surface area contributed by atoms with Gasteiger partial charge in [0.2, 0.25) is 0 Å². The van der Waals surface area contributed by atoms with Gasteiger partial charge in [-0.05, 0) is 46.5 Å². The van der Waals surface area contributed by atoms with Gasteiger partial charge >= 0.3 is 0 Å². The van der Waals surface area contributed by atoms with Crippen molar-refractivity contribution in [1.82, 2.24) is 15.2 Å². The van der Waals surface area contributed by atoms with Crippen LogP contribution in [0.25, 0.3) is 10.6 Å². The van der Waals surface area contributed by atoms with Gasteiger partial charge in [0, 0.05) is 17.7 Å². The van der Waals surface area contributed by atoms with E-state index in [1.54, 1.807) is 7.11 Å². The van der Waals surface area contributed by atoms with Gasteiger partial charge in [0.1, 0.15) is 15.6 Å². The minimum absolute atomic E-state index is 0.00265. The first kappa shape index (κ1) is 22.0. The number of rotatable bonds is 7. The topological polar surface area (TPSA) is 54.5 Å². The molecule has 1 unspecified atom stereocenters. The highest BCUT2D eigenvalue weighted by Gasteiger charge is 2.22. The molecule has 30 heavy (non-hydrogen) atoms. The minimum Gasteiger partial charge on any atom is -0.496 e. The zero-order valence-electron chi connectivity index (χ0n) is 18.4. The van der Waals surface area contributed by atoms with E-state index >= 15 is 0 Å². The molecule has 1 heterocycles. The van der Waals surface area contributed by atoms with E-state index < -0.39 is 0 Å². The van der Waals surface area contributed by atoms with Crippen LogP contribution < -0.4 is 10.1 Å². The highest BCUT2D eigenvalue weighted by molar-refractivity contribution is 7.17. The maximum atomic E-state index is 13.0. The fourth-order valence-corrected chi connectivity index (χ4v) is 4.63. The van der Waals surface area contributed by atoms with E-state index in [-0.39, 0.29) is 11.9 Å². The van der Waals surface area contributed by atoms with E-state index in [2.05, 4.69) is 47.2 Å². The van der Waals surface area contributed by atoms with Gasteiger partial charge in [-0.2, -0.15) is 0 Å². The van der Waals surface area contributed by atoms with Crippen LogP contribution in [0.15, 0.2) is 42.5 Å². The fraction of sp³-hybridized carbons (Fsp3) is 0.333. The number of ether oxygens (including phenoxy) is 1. The summed E-state index contributed by atoms with van der Waals surface area (Å²) < 4.78 is 5.51. The van der Waals surface area contributed by atoms with Gasteiger partial charge < -0.3 is 15.0 Å². The van der Waals surface area contributed by atoms with Crippen LogP contribution in [0.4, 0.5) is 0 Å². The number of benzene rings is 2. The average molecular weight is 424 g/mol. The maximum Gasteiger partial charge on any atom is 0.263 e. The number of nitrogens with one attached hydrogen (secondary N) is 1. The quantitative estimate of drug-likeness (QED) is 0.594. The molecule has 0 bridgehead atoms. The summed E-state index contributed by atoms with van der Waals surface area (Å²) in [5.41, 5.74) is 5.26. The van der Waals surface area contributed by atoms with Gasteiger partial charge in [0.05, 0.1) is 18.8 Å². The number of hydrogen-bond acceptors (Lipinski definition) is 5. The molecule has 2 aromatic carbocycles. The summed E-state index contributed by atoms with van der Waals surface area (Å²) in [6.07, 6.45) is 0. The van der Waals surface area contributed by atoms with Crippen LogP contribution in [-0.4, -0.2) is 43.5 Å². The van der Waals surface area contributed by atoms with Crippen LogP contribution in [0, 0.1) is 20.8 Å². The second-order valence-electron chi connectivity index (χ2n) is 7.68. The molecule has 1 amide bonds. The smallest absolute Gasteiger partial charge is 0.263 e. The van der Waals surface area contributed by atoms with Crippen molar-refractivity contribution < 1.29 is 9.53 Å². The molecule has 0 aliphatic carbocycles. The number of nitrogens with zero attached hydrogens (tertiary/aromatic N) is 2. The number of amides is 1.